The highest BCUT2D eigenvalue weighted by Crippen LogP contribution is 2.22. The molecule has 0 bridgehead atoms. The molecule has 2 aromatic rings. The highest BCUT2D eigenvalue weighted by molar-refractivity contribution is 9.10. The van der Waals surface area contributed by atoms with Gasteiger partial charge in [0.25, 0.3) is 11.8 Å². The number of halogens is 1. The fourth-order valence-corrected chi connectivity index (χ4v) is 3.81. The number of rotatable bonds is 3. The zero-order valence-electron chi connectivity index (χ0n) is 16.5. The van der Waals surface area contributed by atoms with Crippen molar-refractivity contribution in [2.24, 2.45) is 5.92 Å². The van der Waals surface area contributed by atoms with E-state index < -0.39 is 0 Å². The second-order valence-corrected chi connectivity index (χ2v) is 8.66. The first-order valence-electron chi connectivity index (χ1n) is 9.62. The number of nitrogens with zero attached hydrogens (tertiary/aromatic N) is 1. The van der Waals surface area contributed by atoms with Crippen LogP contribution in [0.4, 0.5) is 5.69 Å². The predicted octanol–water partition coefficient (Wildman–Crippen LogP) is 4.76. The molecule has 7 heteroatoms. The summed E-state index contributed by atoms with van der Waals surface area (Å²) in [5.74, 6) is 0.325. The number of anilines is 1. The minimum absolute atomic E-state index is 0.0170. The Morgan fingerprint density at radius 3 is 2.52 bits per heavy atom. The summed E-state index contributed by atoms with van der Waals surface area (Å²) in [7, 11) is 0. The third kappa shape index (κ3) is 5.42. The summed E-state index contributed by atoms with van der Waals surface area (Å²) in [4.78, 5) is 27.3. The standard InChI is InChI=1S/C22H24BrN3O2S/c1-14-9-11-26(12-10-14)21(28)17-5-3-4-6-19(17)24-22(29)25-20(27)16-8-7-15(2)18(23)13-16/h3-8,13-14H,9-12H2,1-2H3,(H2,24,25,27,29). The Balaban J connectivity index is 1.68. The van der Waals surface area contributed by atoms with E-state index in [1.165, 1.54) is 0 Å². The molecule has 5 nitrogen and oxygen atoms in total. The van der Waals surface area contributed by atoms with Gasteiger partial charge >= 0.3 is 0 Å². The van der Waals surface area contributed by atoms with Gasteiger partial charge in [0.1, 0.15) is 0 Å². The molecule has 0 aromatic heterocycles. The minimum Gasteiger partial charge on any atom is -0.339 e. The summed E-state index contributed by atoms with van der Waals surface area (Å²) >= 11 is 8.74. The molecule has 0 saturated carbocycles. The number of para-hydroxylation sites is 1. The van der Waals surface area contributed by atoms with E-state index in [9.17, 15) is 9.59 Å². The van der Waals surface area contributed by atoms with E-state index in [1.807, 2.05) is 30.0 Å². The lowest BCUT2D eigenvalue weighted by molar-refractivity contribution is 0.0698. The molecule has 1 aliphatic rings. The number of hydrogen-bond acceptors (Lipinski definition) is 3. The number of likely N-dealkylation sites (tertiary alicyclic amines) is 1. The summed E-state index contributed by atoms with van der Waals surface area (Å²) in [6.45, 7) is 5.69. The van der Waals surface area contributed by atoms with Gasteiger partial charge in [-0.05, 0) is 67.7 Å². The first kappa shape index (κ1) is 21.5. The maximum atomic E-state index is 13.0. The monoisotopic (exact) mass is 473 g/mol. The Kier molecular flexibility index (Phi) is 7.03. The van der Waals surface area contributed by atoms with E-state index >= 15 is 0 Å². The number of aryl methyl sites for hydroxylation is 1. The van der Waals surface area contributed by atoms with Crippen molar-refractivity contribution >= 4 is 50.8 Å². The van der Waals surface area contributed by atoms with Gasteiger partial charge in [0, 0.05) is 23.1 Å². The fraction of sp³-hybridized carbons (Fsp3) is 0.318. The van der Waals surface area contributed by atoms with E-state index in [4.69, 9.17) is 12.2 Å². The largest absolute Gasteiger partial charge is 0.339 e. The molecule has 0 atom stereocenters. The Morgan fingerprint density at radius 1 is 1.14 bits per heavy atom. The van der Waals surface area contributed by atoms with Crippen LogP contribution in [-0.4, -0.2) is 34.9 Å². The Bertz CT molecular complexity index is 939. The van der Waals surface area contributed by atoms with E-state index in [0.717, 1.165) is 36.0 Å². The molecule has 152 valence electrons. The molecule has 0 unspecified atom stereocenters. The van der Waals surface area contributed by atoms with E-state index in [0.29, 0.717) is 22.7 Å². The van der Waals surface area contributed by atoms with E-state index in [1.54, 1.807) is 24.3 Å². The zero-order chi connectivity index (χ0) is 21.0. The van der Waals surface area contributed by atoms with Gasteiger partial charge in [-0.3, -0.25) is 14.9 Å². The first-order chi connectivity index (χ1) is 13.8. The minimum atomic E-state index is -0.308. The van der Waals surface area contributed by atoms with Crippen LogP contribution in [0.25, 0.3) is 0 Å². The van der Waals surface area contributed by atoms with Crippen molar-refractivity contribution in [3.63, 3.8) is 0 Å². The number of benzene rings is 2. The highest BCUT2D eigenvalue weighted by atomic mass is 79.9. The third-order valence-corrected chi connectivity index (χ3v) is 6.20. The maximum Gasteiger partial charge on any atom is 0.257 e. The molecule has 1 saturated heterocycles. The van der Waals surface area contributed by atoms with Gasteiger partial charge in [-0.2, -0.15) is 0 Å². The van der Waals surface area contributed by atoms with Gasteiger partial charge in [0.2, 0.25) is 0 Å². The van der Waals surface area contributed by atoms with Crippen LogP contribution in [0, 0.1) is 12.8 Å². The van der Waals surface area contributed by atoms with Gasteiger partial charge < -0.3 is 10.2 Å². The summed E-state index contributed by atoms with van der Waals surface area (Å²) in [6, 6.07) is 12.6. The molecule has 2 N–H and O–H groups in total. The van der Waals surface area contributed by atoms with Crippen molar-refractivity contribution in [1.82, 2.24) is 10.2 Å². The molecule has 1 aliphatic heterocycles. The SMILES string of the molecule is Cc1ccc(C(=O)NC(=S)Nc2ccccc2C(=O)N2CCC(C)CC2)cc1Br. The topological polar surface area (TPSA) is 61.4 Å². The number of piperidine rings is 1. The number of nitrogens with one attached hydrogen (secondary N) is 2. The Labute approximate surface area is 185 Å². The van der Waals surface area contributed by atoms with Gasteiger partial charge in [0.15, 0.2) is 5.11 Å². The van der Waals surface area contributed by atoms with Crippen LogP contribution in [0.2, 0.25) is 0 Å². The van der Waals surface area contributed by atoms with Crippen LogP contribution in [-0.2, 0) is 0 Å². The molecule has 1 fully saturated rings. The number of amides is 2. The van der Waals surface area contributed by atoms with Crippen molar-refractivity contribution in [2.75, 3.05) is 18.4 Å². The average molecular weight is 474 g/mol. The second-order valence-electron chi connectivity index (χ2n) is 7.39. The van der Waals surface area contributed by atoms with Gasteiger partial charge in [-0.1, -0.05) is 41.1 Å². The van der Waals surface area contributed by atoms with Crippen molar-refractivity contribution in [3.8, 4) is 0 Å². The van der Waals surface area contributed by atoms with Crippen molar-refractivity contribution in [3.05, 3.63) is 63.6 Å². The molecule has 29 heavy (non-hydrogen) atoms. The second kappa shape index (κ2) is 9.50. The number of carbonyl (C=O) groups excluding carboxylic acids is 2. The summed E-state index contributed by atoms with van der Waals surface area (Å²) < 4.78 is 0.857. The number of thiocarbonyl (C=S) groups is 1. The molecular weight excluding hydrogens is 450 g/mol. The van der Waals surface area contributed by atoms with E-state index in [2.05, 4.69) is 33.5 Å². The Hall–Kier alpha value is -2.25. The molecule has 0 spiro atoms. The number of hydrogen-bond donors (Lipinski definition) is 2. The lowest BCUT2D eigenvalue weighted by Crippen LogP contribution is -2.39. The third-order valence-electron chi connectivity index (χ3n) is 5.14. The zero-order valence-corrected chi connectivity index (χ0v) is 18.9. The number of carbonyl (C=O) groups is 2. The summed E-state index contributed by atoms with van der Waals surface area (Å²) in [5.41, 5.74) is 2.68. The van der Waals surface area contributed by atoms with Crippen LogP contribution in [0.3, 0.4) is 0 Å². The van der Waals surface area contributed by atoms with Crippen LogP contribution >= 0.6 is 28.1 Å². The molecular formula is C22H24BrN3O2S. The fourth-order valence-electron chi connectivity index (χ4n) is 3.22. The Morgan fingerprint density at radius 2 is 1.83 bits per heavy atom. The van der Waals surface area contributed by atoms with Gasteiger partial charge in [-0.15, -0.1) is 0 Å². The van der Waals surface area contributed by atoms with E-state index in [-0.39, 0.29) is 16.9 Å². The molecule has 2 aromatic carbocycles. The lowest BCUT2D eigenvalue weighted by Gasteiger charge is -2.30. The normalized spacial score (nSPS) is 14.4. The average Bonchev–Trinajstić information content (AvgIpc) is 2.70. The maximum absolute atomic E-state index is 13.0. The molecule has 3 rings (SSSR count). The first-order valence-corrected chi connectivity index (χ1v) is 10.8. The summed E-state index contributed by atoms with van der Waals surface area (Å²) in [6.07, 6.45) is 2.03. The van der Waals surface area contributed by atoms with Crippen molar-refractivity contribution < 1.29 is 9.59 Å². The van der Waals surface area contributed by atoms with Crippen molar-refractivity contribution in [2.45, 2.75) is 26.7 Å². The summed E-state index contributed by atoms with van der Waals surface area (Å²) in [5, 5.41) is 5.84. The smallest absolute Gasteiger partial charge is 0.257 e. The van der Waals surface area contributed by atoms with Crippen LogP contribution in [0.15, 0.2) is 46.9 Å². The quantitative estimate of drug-likeness (QED) is 0.630. The lowest BCUT2D eigenvalue weighted by atomic mass is 9.98. The van der Waals surface area contributed by atoms with Gasteiger partial charge in [0.05, 0.1) is 11.3 Å². The van der Waals surface area contributed by atoms with Crippen LogP contribution in [0.5, 0.6) is 0 Å². The molecule has 2 amide bonds. The van der Waals surface area contributed by atoms with Crippen LogP contribution in [0.1, 0.15) is 46.0 Å². The molecule has 0 aliphatic carbocycles. The van der Waals surface area contributed by atoms with Crippen molar-refractivity contribution in [1.29, 1.82) is 0 Å². The predicted molar refractivity (Wildman–Crippen MR) is 123 cm³/mol. The molecule has 0 radical (unpaired) electrons. The van der Waals surface area contributed by atoms with Gasteiger partial charge in [-0.25, -0.2) is 0 Å². The highest BCUT2D eigenvalue weighted by Gasteiger charge is 2.23. The molecule has 1 heterocycles. The van der Waals surface area contributed by atoms with Crippen LogP contribution < -0.4 is 10.6 Å².